The molecule has 4 nitrogen and oxygen atoms in total. The first kappa shape index (κ1) is 25.7. The van der Waals surface area contributed by atoms with Gasteiger partial charge in [-0.3, -0.25) is 4.79 Å². The number of hydrogen-bond acceptors (Lipinski definition) is 3. The molecule has 184 valence electrons. The van der Waals surface area contributed by atoms with Crippen molar-refractivity contribution < 1.29 is 9.90 Å². The highest BCUT2D eigenvalue weighted by atomic mass is 35.5. The maximum atomic E-state index is 12.8. The van der Waals surface area contributed by atoms with Gasteiger partial charge in [0.2, 0.25) is 5.91 Å². The number of hydrogen-bond donors (Lipinski definition) is 2. The first-order chi connectivity index (χ1) is 16.9. The van der Waals surface area contributed by atoms with Gasteiger partial charge in [0.05, 0.1) is 15.6 Å². The summed E-state index contributed by atoms with van der Waals surface area (Å²) in [5, 5.41) is 15.2. The summed E-state index contributed by atoms with van der Waals surface area (Å²) in [4.78, 5) is 15.2. The van der Waals surface area contributed by atoms with Gasteiger partial charge in [-0.1, -0.05) is 89.9 Å². The fourth-order valence-corrected chi connectivity index (χ4v) is 5.07. The number of nitrogens with zero attached hydrogens (tertiary/aromatic N) is 1. The van der Waals surface area contributed by atoms with E-state index in [-0.39, 0.29) is 11.8 Å². The zero-order valence-electron chi connectivity index (χ0n) is 19.8. The first-order valence-electron chi connectivity index (χ1n) is 12.2. The second-order valence-corrected chi connectivity index (χ2v) is 10.2. The number of carbonyl (C=O) groups excluding carboxylic acids is 1. The molecule has 3 aromatic rings. The van der Waals surface area contributed by atoms with Crippen LogP contribution in [-0.4, -0.2) is 35.5 Å². The lowest BCUT2D eigenvalue weighted by Crippen LogP contribution is -2.43. The molecular formula is C29H32Cl2N2O2. The van der Waals surface area contributed by atoms with Crippen LogP contribution in [0, 0.1) is 0 Å². The predicted molar refractivity (Wildman–Crippen MR) is 143 cm³/mol. The van der Waals surface area contributed by atoms with Gasteiger partial charge in [0.25, 0.3) is 0 Å². The number of likely N-dealkylation sites (tertiary alicyclic amines) is 1. The van der Waals surface area contributed by atoms with Crippen molar-refractivity contribution in [2.24, 2.45) is 0 Å². The lowest BCUT2D eigenvalue weighted by molar-refractivity contribution is -0.121. The normalized spacial score (nSPS) is 16.5. The van der Waals surface area contributed by atoms with Gasteiger partial charge < -0.3 is 15.3 Å². The van der Waals surface area contributed by atoms with Gasteiger partial charge in [-0.25, -0.2) is 0 Å². The highest BCUT2D eigenvalue weighted by molar-refractivity contribution is 6.42. The lowest BCUT2D eigenvalue weighted by Gasteiger charge is -2.39. The standard InChI is InChI=1S/C29H32Cl2N2O2/c30-26-12-11-23(19-27(26)31)24(20-28(34)32-21-22-7-3-1-4-8-22)13-16-33-17-14-29(35,15-18-33)25-9-5-2-6-10-25/h1-12,19,24,35H,13-18,20-21H2,(H,32,34). The molecule has 1 unspecified atom stereocenters. The van der Waals surface area contributed by atoms with Crippen molar-refractivity contribution in [2.75, 3.05) is 19.6 Å². The maximum absolute atomic E-state index is 12.8. The van der Waals surface area contributed by atoms with Crippen LogP contribution >= 0.6 is 23.2 Å². The molecule has 0 spiro atoms. The summed E-state index contributed by atoms with van der Waals surface area (Å²) < 4.78 is 0. The van der Waals surface area contributed by atoms with E-state index in [1.165, 1.54) is 0 Å². The summed E-state index contributed by atoms with van der Waals surface area (Å²) in [6.07, 6.45) is 2.60. The Morgan fingerprint density at radius 1 is 0.943 bits per heavy atom. The topological polar surface area (TPSA) is 52.6 Å². The molecule has 0 saturated carbocycles. The summed E-state index contributed by atoms with van der Waals surface area (Å²) in [7, 11) is 0. The Kier molecular flexibility index (Phi) is 8.85. The number of carbonyl (C=O) groups is 1. The number of nitrogens with one attached hydrogen (secondary N) is 1. The summed E-state index contributed by atoms with van der Waals surface area (Å²) in [6.45, 7) is 3.00. The monoisotopic (exact) mass is 510 g/mol. The van der Waals surface area contributed by atoms with Crippen molar-refractivity contribution in [3.8, 4) is 0 Å². The maximum Gasteiger partial charge on any atom is 0.220 e. The minimum atomic E-state index is -0.766. The third-order valence-electron chi connectivity index (χ3n) is 6.97. The molecule has 1 amide bonds. The van der Waals surface area contributed by atoms with Gasteiger partial charge in [-0.2, -0.15) is 0 Å². The van der Waals surface area contributed by atoms with E-state index in [2.05, 4.69) is 10.2 Å². The zero-order valence-corrected chi connectivity index (χ0v) is 21.3. The Morgan fingerprint density at radius 3 is 2.26 bits per heavy atom. The number of amides is 1. The summed E-state index contributed by atoms with van der Waals surface area (Å²) in [6, 6.07) is 25.5. The van der Waals surface area contributed by atoms with E-state index in [9.17, 15) is 9.90 Å². The summed E-state index contributed by atoms with van der Waals surface area (Å²) in [5.74, 6) is 0.0393. The average Bonchev–Trinajstić information content (AvgIpc) is 2.89. The number of aliphatic hydroxyl groups is 1. The summed E-state index contributed by atoms with van der Waals surface area (Å²) >= 11 is 12.4. The Morgan fingerprint density at radius 2 is 1.60 bits per heavy atom. The van der Waals surface area contributed by atoms with Gasteiger partial charge in [0.15, 0.2) is 0 Å². The second-order valence-electron chi connectivity index (χ2n) is 9.36. The highest BCUT2D eigenvalue weighted by Crippen LogP contribution is 2.34. The van der Waals surface area contributed by atoms with Gasteiger partial charge in [0, 0.05) is 26.1 Å². The predicted octanol–water partition coefficient (Wildman–Crippen LogP) is 6.16. The van der Waals surface area contributed by atoms with Crippen LogP contribution in [0.2, 0.25) is 10.0 Å². The molecule has 1 aliphatic heterocycles. The Labute approximate surface area is 217 Å². The van der Waals surface area contributed by atoms with Gasteiger partial charge in [0.1, 0.15) is 0 Å². The molecule has 0 aromatic heterocycles. The van der Waals surface area contributed by atoms with Crippen molar-refractivity contribution in [1.82, 2.24) is 10.2 Å². The van der Waals surface area contributed by atoms with Crippen LogP contribution in [0.1, 0.15) is 48.3 Å². The number of piperidine rings is 1. The number of halogens is 2. The van der Waals surface area contributed by atoms with Crippen LogP contribution in [-0.2, 0) is 16.9 Å². The SMILES string of the molecule is O=C(CC(CCN1CCC(O)(c2ccccc2)CC1)c1ccc(Cl)c(Cl)c1)NCc1ccccc1. The minimum absolute atomic E-state index is 0.0158. The average molecular weight is 511 g/mol. The second kappa shape index (κ2) is 12.0. The lowest BCUT2D eigenvalue weighted by atomic mass is 9.84. The Balaban J connectivity index is 1.36. The number of benzene rings is 3. The molecule has 1 heterocycles. The molecule has 1 atom stereocenters. The molecule has 6 heteroatoms. The zero-order chi connectivity index (χ0) is 24.7. The van der Waals surface area contributed by atoms with E-state index < -0.39 is 5.60 Å². The van der Waals surface area contributed by atoms with Crippen LogP contribution in [0.4, 0.5) is 0 Å². The molecule has 0 aliphatic carbocycles. The van der Waals surface area contributed by atoms with E-state index in [0.717, 1.165) is 42.7 Å². The quantitative estimate of drug-likeness (QED) is 0.362. The summed E-state index contributed by atoms with van der Waals surface area (Å²) in [5.41, 5.74) is 2.32. The third kappa shape index (κ3) is 7.08. The molecule has 1 saturated heterocycles. The molecule has 1 aliphatic rings. The molecule has 3 aromatic carbocycles. The van der Waals surface area contributed by atoms with Crippen LogP contribution < -0.4 is 5.32 Å². The van der Waals surface area contributed by atoms with E-state index >= 15 is 0 Å². The van der Waals surface area contributed by atoms with Gasteiger partial charge in [-0.05, 0) is 60.5 Å². The van der Waals surface area contributed by atoms with Gasteiger partial charge in [-0.15, -0.1) is 0 Å². The van der Waals surface area contributed by atoms with E-state index in [4.69, 9.17) is 23.2 Å². The first-order valence-corrected chi connectivity index (χ1v) is 12.9. The van der Waals surface area contributed by atoms with Crippen molar-refractivity contribution in [1.29, 1.82) is 0 Å². The van der Waals surface area contributed by atoms with Crippen molar-refractivity contribution in [3.05, 3.63) is 106 Å². The molecular weight excluding hydrogens is 479 g/mol. The molecule has 0 bridgehead atoms. The minimum Gasteiger partial charge on any atom is -0.385 e. The molecule has 35 heavy (non-hydrogen) atoms. The van der Waals surface area contributed by atoms with E-state index in [1.54, 1.807) is 6.07 Å². The Hall–Kier alpha value is -2.37. The van der Waals surface area contributed by atoms with E-state index in [1.807, 2.05) is 72.8 Å². The van der Waals surface area contributed by atoms with Crippen molar-refractivity contribution in [2.45, 2.75) is 43.7 Å². The smallest absolute Gasteiger partial charge is 0.220 e. The molecule has 4 rings (SSSR count). The highest BCUT2D eigenvalue weighted by Gasteiger charge is 2.33. The third-order valence-corrected chi connectivity index (χ3v) is 7.71. The Bertz CT molecular complexity index is 1100. The number of rotatable bonds is 9. The fourth-order valence-electron chi connectivity index (χ4n) is 4.77. The fraction of sp³-hybridized carbons (Fsp3) is 0.345. The van der Waals surface area contributed by atoms with E-state index in [0.29, 0.717) is 35.9 Å². The van der Waals surface area contributed by atoms with Gasteiger partial charge >= 0.3 is 0 Å². The largest absolute Gasteiger partial charge is 0.385 e. The van der Waals surface area contributed by atoms with Crippen LogP contribution in [0.5, 0.6) is 0 Å². The van der Waals surface area contributed by atoms with Crippen molar-refractivity contribution in [3.63, 3.8) is 0 Å². The van der Waals surface area contributed by atoms with Crippen LogP contribution in [0.3, 0.4) is 0 Å². The van der Waals surface area contributed by atoms with Crippen molar-refractivity contribution >= 4 is 29.1 Å². The molecule has 0 radical (unpaired) electrons. The molecule has 2 N–H and O–H groups in total. The van der Waals surface area contributed by atoms with Crippen LogP contribution in [0.15, 0.2) is 78.9 Å². The molecule has 1 fully saturated rings. The van der Waals surface area contributed by atoms with Crippen LogP contribution in [0.25, 0.3) is 0 Å².